The third-order valence-electron chi connectivity index (χ3n) is 2.94. The van der Waals surface area contributed by atoms with Crippen LogP contribution in [0.2, 0.25) is 0 Å². The van der Waals surface area contributed by atoms with Crippen molar-refractivity contribution >= 4 is 11.8 Å². The molecule has 0 heterocycles. The highest BCUT2D eigenvalue weighted by Gasteiger charge is 2.26. The molecule has 2 rings (SSSR count). The maximum atomic E-state index is 11.9. The molecule has 1 aliphatic rings. The fourth-order valence-corrected chi connectivity index (χ4v) is 1.69. The van der Waals surface area contributed by atoms with Crippen LogP contribution in [0.15, 0.2) is 24.3 Å². The second-order valence-electron chi connectivity index (χ2n) is 4.85. The first kappa shape index (κ1) is 12.6. The Bertz CT molecular complexity index is 467. The fraction of sp³-hybridized carbons (Fsp3) is 0.429. The topological polar surface area (TPSA) is 58.2 Å². The second kappa shape index (κ2) is 5.21. The fourth-order valence-electron chi connectivity index (χ4n) is 1.69. The number of benzene rings is 1. The Kier molecular flexibility index (Phi) is 3.65. The standard InChI is InChI=1S/C14H18N2O2/c1-9-4-3-5-11(8-9)14(18)15-10(2)13(17)16-12-6-7-12/h3-5,8,10,12H,6-7H2,1-2H3,(H,15,18)(H,16,17)/t10-/m0/s1. The van der Waals surface area contributed by atoms with Gasteiger partial charge in [0.25, 0.3) is 5.91 Å². The quantitative estimate of drug-likeness (QED) is 0.843. The van der Waals surface area contributed by atoms with Crippen LogP contribution in [-0.2, 0) is 4.79 Å². The van der Waals surface area contributed by atoms with Crippen LogP contribution in [0.5, 0.6) is 0 Å². The molecule has 0 bridgehead atoms. The zero-order valence-corrected chi connectivity index (χ0v) is 10.7. The number of nitrogens with one attached hydrogen (secondary N) is 2. The van der Waals surface area contributed by atoms with Gasteiger partial charge in [-0.05, 0) is 38.8 Å². The lowest BCUT2D eigenvalue weighted by Crippen LogP contribution is -2.45. The van der Waals surface area contributed by atoms with E-state index in [1.165, 1.54) is 0 Å². The Labute approximate surface area is 107 Å². The molecule has 0 spiro atoms. The van der Waals surface area contributed by atoms with Gasteiger partial charge in [0.1, 0.15) is 6.04 Å². The van der Waals surface area contributed by atoms with E-state index >= 15 is 0 Å². The normalized spacial score (nSPS) is 15.9. The third kappa shape index (κ3) is 3.32. The van der Waals surface area contributed by atoms with Crippen LogP contribution < -0.4 is 10.6 Å². The lowest BCUT2D eigenvalue weighted by Gasteiger charge is -2.14. The molecule has 0 aliphatic heterocycles. The van der Waals surface area contributed by atoms with E-state index in [0.717, 1.165) is 18.4 Å². The first-order chi connectivity index (χ1) is 8.56. The molecule has 96 valence electrons. The average Bonchev–Trinajstić information content (AvgIpc) is 3.12. The Morgan fingerprint density at radius 2 is 2.06 bits per heavy atom. The number of carbonyl (C=O) groups is 2. The molecule has 1 aromatic rings. The van der Waals surface area contributed by atoms with Crippen LogP contribution in [0.3, 0.4) is 0 Å². The smallest absolute Gasteiger partial charge is 0.251 e. The summed E-state index contributed by atoms with van der Waals surface area (Å²) in [5, 5.41) is 5.57. The van der Waals surface area contributed by atoms with E-state index in [0.29, 0.717) is 11.6 Å². The SMILES string of the molecule is Cc1cccc(C(=O)N[C@@H](C)C(=O)NC2CC2)c1. The average molecular weight is 246 g/mol. The first-order valence-corrected chi connectivity index (χ1v) is 6.24. The van der Waals surface area contributed by atoms with Crippen LogP contribution in [0, 0.1) is 6.92 Å². The zero-order valence-electron chi connectivity index (χ0n) is 10.7. The number of rotatable bonds is 4. The van der Waals surface area contributed by atoms with Crippen molar-refractivity contribution in [1.29, 1.82) is 0 Å². The van der Waals surface area contributed by atoms with E-state index < -0.39 is 6.04 Å². The van der Waals surface area contributed by atoms with Crippen LogP contribution in [0.25, 0.3) is 0 Å². The van der Waals surface area contributed by atoms with Gasteiger partial charge in [0, 0.05) is 11.6 Å². The third-order valence-corrected chi connectivity index (χ3v) is 2.94. The highest BCUT2D eigenvalue weighted by molar-refractivity contribution is 5.97. The zero-order chi connectivity index (χ0) is 13.1. The summed E-state index contributed by atoms with van der Waals surface area (Å²) >= 11 is 0. The minimum atomic E-state index is -0.501. The van der Waals surface area contributed by atoms with Gasteiger partial charge in [0.2, 0.25) is 5.91 Å². The van der Waals surface area contributed by atoms with Crippen molar-refractivity contribution in [3.8, 4) is 0 Å². The molecule has 1 aliphatic carbocycles. The summed E-state index contributed by atoms with van der Waals surface area (Å²) in [7, 11) is 0. The van der Waals surface area contributed by atoms with Gasteiger partial charge in [-0.3, -0.25) is 9.59 Å². The van der Waals surface area contributed by atoms with Crippen molar-refractivity contribution in [1.82, 2.24) is 10.6 Å². The highest BCUT2D eigenvalue weighted by atomic mass is 16.2. The summed E-state index contributed by atoms with van der Waals surface area (Å²) < 4.78 is 0. The highest BCUT2D eigenvalue weighted by Crippen LogP contribution is 2.18. The molecule has 4 heteroatoms. The number of carbonyl (C=O) groups excluding carboxylic acids is 2. The molecule has 4 nitrogen and oxygen atoms in total. The summed E-state index contributed by atoms with van der Waals surface area (Å²) in [6.07, 6.45) is 2.09. The van der Waals surface area contributed by atoms with Gasteiger partial charge in [-0.2, -0.15) is 0 Å². The van der Waals surface area contributed by atoms with Gasteiger partial charge >= 0.3 is 0 Å². The van der Waals surface area contributed by atoms with E-state index in [9.17, 15) is 9.59 Å². The number of hydrogen-bond acceptors (Lipinski definition) is 2. The Hall–Kier alpha value is -1.84. The molecule has 18 heavy (non-hydrogen) atoms. The molecule has 0 radical (unpaired) electrons. The van der Waals surface area contributed by atoms with Crippen molar-refractivity contribution in [2.75, 3.05) is 0 Å². The summed E-state index contributed by atoms with van der Waals surface area (Å²) in [5.74, 6) is -0.323. The summed E-state index contributed by atoms with van der Waals surface area (Å²) in [4.78, 5) is 23.6. The van der Waals surface area contributed by atoms with Crippen molar-refractivity contribution in [2.24, 2.45) is 0 Å². The van der Waals surface area contributed by atoms with E-state index in [1.807, 2.05) is 19.1 Å². The van der Waals surface area contributed by atoms with Gasteiger partial charge in [0.05, 0.1) is 0 Å². The maximum Gasteiger partial charge on any atom is 0.251 e. The van der Waals surface area contributed by atoms with Gasteiger partial charge < -0.3 is 10.6 Å². The molecule has 0 saturated heterocycles. The monoisotopic (exact) mass is 246 g/mol. The number of amides is 2. The summed E-state index contributed by atoms with van der Waals surface area (Å²) in [6, 6.07) is 7.13. The lowest BCUT2D eigenvalue weighted by molar-refractivity contribution is -0.122. The minimum Gasteiger partial charge on any atom is -0.352 e. The first-order valence-electron chi connectivity index (χ1n) is 6.24. The Morgan fingerprint density at radius 3 is 2.67 bits per heavy atom. The Balaban J connectivity index is 1.91. The van der Waals surface area contributed by atoms with Crippen LogP contribution in [-0.4, -0.2) is 23.9 Å². The van der Waals surface area contributed by atoms with Gasteiger partial charge in [-0.1, -0.05) is 17.7 Å². The minimum absolute atomic E-state index is 0.112. The number of hydrogen-bond donors (Lipinski definition) is 2. The largest absolute Gasteiger partial charge is 0.352 e. The van der Waals surface area contributed by atoms with Crippen molar-refractivity contribution in [2.45, 2.75) is 38.8 Å². The van der Waals surface area contributed by atoms with Crippen molar-refractivity contribution < 1.29 is 9.59 Å². The van der Waals surface area contributed by atoms with Crippen molar-refractivity contribution in [3.63, 3.8) is 0 Å². The second-order valence-corrected chi connectivity index (χ2v) is 4.85. The molecule has 1 atom stereocenters. The number of aryl methyl sites for hydroxylation is 1. The predicted octanol–water partition coefficient (Wildman–Crippen LogP) is 1.39. The molecular formula is C14H18N2O2. The van der Waals surface area contributed by atoms with Crippen LogP contribution in [0.1, 0.15) is 35.7 Å². The molecule has 1 saturated carbocycles. The summed E-state index contributed by atoms with van der Waals surface area (Å²) in [6.45, 7) is 3.63. The summed E-state index contributed by atoms with van der Waals surface area (Å²) in [5.41, 5.74) is 1.61. The van der Waals surface area contributed by atoms with Crippen LogP contribution in [0.4, 0.5) is 0 Å². The predicted molar refractivity (Wildman–Crippen MR) is 69.3 cm³/mol. The van der Waals surface area contributed by atoms with Gasteiger partial charge in [-0.15, -0.1) is 0 Å². The van der Waals surface area contributed by atoms with E-state index in [4.69, 9.17) is 0 Å². The molecule has 2 N–H and O–H groups in total. The molecule has 2 amide bonds. The van der Waals surface area contributed by atoms with E-state index in [2.05, 4.69) is 10.6 Å². The van der Waals surface area contributed by atoms with Gasteiger partial charge in [0.15, 0.2) is 0 Å². The van der Waals surface area contributed by atoms with Gasteiger partial charge in [-0.25, -0.2) is 0 Å². The molecular weight excluding hydrogens is 228 g/mol. The molecule has 1 aromatic carbocycles. The molecule has 0 aromatic heterocycles. The van der Waals surface area contributed by atoms with Crippen LogP contribution >= 0.6 is 0 Å². The van der Waals surface area contributed by atoms with E-state index in [-0.39, 0.29) is 11.8 Å². The molecule has 0 unspecified atom stereocenters. The van der Waals surface area contributed by atoms with E-state index in [1.54, 1.807) is 19.1 Å². The Morgan fingerprint density at radius 1 is 1.33 bits per heavy atom. The molecule has 1 fully saturated rings. The van der Waals surface area contributed by atoms with Crippen molar-refractivity contribution in [3.05, 3.63) is 35.4 Å². The maximum absolute atomic E-state index is 11.9. The lowest BCUT2D eigenvalue weighted by atomic mass is 10.1.